The van der Waals surface area contributed by atoms with Gasteiger partial charge in [-0.1, -0.05) is 48.0 Å². The molecule has 172 valence electrons. The number of benzene rings is 2. The molecule has 2 N–H and O–H groups in total. The minimum atomic E-state index is 0. The lowest BCUT2D eigenvalue weighted by Gasteiger charge is -2.09. The van der Waals surface area contributed by atoms with Gasteiger partial charge in [0.05, 0.1) is 29.5 Å². The van der Waals surface area contributed by atoms with E-state index in [0.717, 1.165) is 34.8 Å². The number of nitrogens with one attached hydrogen (secondary N) is 2. The molecule has 0 amide bonds. The number of rotatable bonds is 8. The van der Waals surface area contributed by atoms with Crippen LogP contribution in [-0.4, -0.2) is 23.0 Å². The van der Waals surface area contributed by atoms with Crippen LogP contribution in [0.15, 0.2) is 75.7 Å². The van der Waals surface area contributed by atoms with Gasteiger partial charge >= 0.3 is 0 Å². The average Bonchev–Trinajstić information content (AvgIpc) is 3.49. The summed E-state index contributed by atoms with van der Waals surface area (Å²) in [6.07, 6.45) is 3.64. The molecule has 0 aliphatic heterocycles. The highest BCUT2D eigenvalue weighted by Crippen LogP contribution is 2.19. The predicted octanol–water partition coefficient (Wildman–Crippen LogP) is 5.37. The Morgan fingerprint density at radius 3 is 2.39 bits per heavy atom. The van der Waals surface area contributed by atoms with Gasteiger partial charge in [-0.15, -0.1) is 35.3 Å². The van der Waals surface area contributed by atoms with Gasteiger partial charge in [0.25, 0.3) is 0 Å². The summed E-state index contributed by atoms with van der Waals surface area (Å²) in [5.41, 5.74) is 5.35. The lowest BCUT2D eigenvalue weighted by molar-refractivity contribution is 0.572. The summed E-state index contributed by atoms with van der Waals surface area (Å²) in [5.74, 6) is 1.32. The highest BCUT2D eigenvalue weighted by atomic mass is 127. The minimum Gasteiger partial charge on any atom is -0.444 e. The molecule has 8 heteroatoms. The standard InChI is InChI=1S/C25H27N5OS.HI/c1-18-8-11-20(12-9-18)24-30-21(16-31-24)14-27-25(26-2)28-15-22-17-32-23(29-22)13-10-19-6-4-3-5-7-19;/h3-9,11-12,16-17H,10,13-15H2,1-2H3,(H2,26,27,28);1H. The van der Waals surface area contributed by atoms with E-state index < -0.39 is 0 Å². The molecule has 2 aromatic carbocycles. The van der Waals surface area contributed by atoms with Crippen LogP contribution in [0.2, 0.25) is 0 Å². The van der Waals surface area contributed by atoms with Crippen LogP contribution in [0, 0.1) is 6.92 Å². The van der Waals surface area contributed by atoms with Crippen LogP contribution >= 0.6 is 35.3 Å². The summed E-state index contributed by atoms with van der Waals surface area (Å²) in [6, 6.07) is 18.6. The zero-order valence-electron chi connectivity index (χ0n) is 18.7. The molecule has 2 aromatic heterocycles. The molecular formula is C25H28IN5OS. The van der Waals surface area contributed by atoms with Gasteiger partial charge in [0.15, 0.2) is 5.96 Å². The molecule has 2 heterocycles. The van der Waals surface area contributed by atoms with Gasteiger partial charge in [-0.2, -0.15) is 0 Å². The largest absolute Gasteiger partial charge is 0.444 e. The summed E-state index contributed by atoms with van der Waals surface area (Å²) < 4.78 is 5.62. The van der Waals surface area contributed by atoms with Crippen LogP contribution in [0.1, 0.15) is 27.5 Å². The molecule has 0 atom stereocenters. The smallest absolute Gasteiger partial charge is 0.226 e. The summed E-state index contributed by atoms with van der Waals surface area (Å²) in [5, 5.41) is 9.84. The number of aliphatic imine (C=N–C) groups is 1. The van der Waals surface area contributed by atoms with E-state index in [1.165, 1.54) is 11.1 Å². The zero-order chi connectivity index (χ0) is 22.2. The van der Waals surface area contributed by atoms with Gasteiger partial charge in [-0.05, 0) is 31.0 Å². The summed E-state index contributed by atoms with van der Waals surface area (Å²) >= 11 is 1.71. The second-order valence-electron chi connectivity index (χ2n) is 7.51. The number of oxazole rings is 1. The Balaban J connectivity index is 0.00000306. The average molecular weight is 574 g/mol. The number of aromatic nitrogens is 2. The zero-order valence-corrected chi connectivity index (χ0v) is 21.9. The monoisotopic (exact) mass is 573 g/mol. The van der Waals surface area contributed by atoms with Crippen molar-refractivity contribution in [3.63, 3.8) is 0 Å². The normalized spacial score (nSPS) is 11.2. The molecule has 0 bridgehead atoms. The van der Waals surface area contributed by atoms with Gasteiger partial charge in [-0.3, -0.25) is 4.99 Å². The Bertz CT molecular complexity index is 1160. The number of guanidine groups is 1. The minimum absolute atomic E-state index is 0. The molecule has 0 saturated carbocycles. The van der Waals surface area contributed by atoms with Crippen LogP contribution < -0.4 is 10.6 Å². The van der Waals surface area contributed by atoms with Gasteiger partial charge in [0.1, 0.15) is 6.26 Å². The molecule has 0 spiro atoms. The van der Waals surface area contributed by atoms with Crippen molar-refractivity contribution in [3.8, 4) is 11.5 Å². The van der Waals surface area contributed by atoms with Gasteiger partial charge in [0.2, 0.25) is 5.89 Å². The Labute approximate surface area is 215 Å². The first-order valence-corrected chi connectivity index (χ1v) is 11.5. The van der Waals surface area contributed by atoms with E-state index in [1.807, 2.05) is 18.2 Å². The molecule has 4 aromatic rings. The fourth-order valence-corrected chi connectivity index (χ4v) is 4.02. The highest BCUT2D eigenvalue weighted by molar-refractivity contribution is 14.0. The van der Waals surface area contributed by atoms with E-state index in [9.17, 15) is 0 Å². The second-order valence-corrected chi connectivity index (χ2v) is 8.45. The first-order valence-electron chi connectivity index (χ1n) is 10.6. The SMILES string of the molecule is CN=C(NCc1coc(-c2ccc(C)cc2)n1)NCc1csc(CCc2ccccc2)n1.I. The topological polar surface area (TPSA) is 75.3 Å². The number of thiazole rings is 1. The number of hydrogen-bond acceptors (Lipinski definition) is 5. The fourth-order valence-electron chi connectivity index (χ4n) is 3.23. The first-order chi connectivity index (χ1) is 15.7. The molecule has 33 heavy (non-hydrogen) atoms. The molecule has 0 saturated heterocycles. The van der Waals surface area contributed by atoms with E-state index in [4.69, 9.17) is 9.40 Å². The Kier molecular flexibility index (Phi) is 9.44. The first kappa shape index (κ1) is 24.9. The third-order valence-corrected chi connectivity index (χ3v) is 5.97. The quantitative estimate of drug-likeness (QED) is 0.168. The van der Waals surface area contributed by atoms with E-state index in [0.29, 0.717) is 24.9 Å². The third kappa shape index (κ3) is 7.40. The summed E-state index contributed by atoms with van der Waals surface area (Å²) in [6.45, 7) is 3.20. The van der Waals surface area contributed by atoms with Crippen LogP contribution in [0.25, 0.3) is 11.5 Å². The fraction of sp³-hybridized carbons (Fsp3) is 0.240. The summed E-state index contributed by atoms with van der Waals surface area (Å²) in [4.78, 5) is 13.6. The van der Waals surface area contributed by atoms with Crippen molar-refractivity contribution in [1.82, 2.24) is 20.6 Å². The van der Waals surface area contributed by atoms with Gasteiger partial charge in [0, 0.05) is 24.4 Å². The van der Waals surface area contributed by atoms with Crippen molar-refractivity contribution in [2.45, 2.75) is 32.9 Å². The van der Waals surface area contributed by atoms with Crippen molar-refractivity contribution < 1.29 is 4.42 Å². The second kappa shape index (κ2) is 12.5. The highest BCUT2D eigenvalue weighted by Gasteiger charge is 2.08. The van der Waals surface area contributed by atoms with E-state index in [2.05, 4.69) is 69.3 Å². The van der Waals surface area contributed by atoms with E-state index >= 15 is 0 Å². The van der Waals surface area contributed by atoms with Crippen LogP contribution in [-0.2, 0) is 25.9 Å². The van der Waals surface area contributed by atoms with Crippen molar-refractivity contribution in [2.75, 3.05) is 7.05 Å². The molecule has 4 rings (SSSR count). The van der Waals surface area contributed by atoms with Crippen molar-refractivity contribution >= 4 is 41.3 Å². The van der Waals surface area contributed by atoms with Crippen LogP contribution in [0.5, 0.6) is 0 Å². The Morgan fingerprint density at radius 2 is 1.67 bits per heavy atom. The number of nitrogens with zero attached hydrogens (tertiary/aromatic N) is 3. The third-order valence-electron chi connectivity index (χ3n) is 5.02. The number of halogens is 1. The lowest BCUT2D eigenvalue weighted by Crippen LogP contribution is -2.36. The van der Waals surface area contributed by atoms with Crippen molar-refractivity contribution in [1.29, 1.82) is 0 Å². The molecule has 0 unspecified atom stereocenters. The van der Waals surface area contributed by atoms with Crippen LogP contribution in [0.4, 0.5) is 0 Å². The van der Waals surface area contributed by atoms with Crippen molar-refractivity contribution in [2.24, 2.45) is 4.99 Å². The molecule has 6 nitrogen and oxygen atoms in total. The maximum Gasteiger partial charge on any atom is 0.226 e. The van der Waals surface area contributed by atoms with Crippen LogP contribution in [0.3, 0.4) is 0 Å². The lowest BCUT2D eigenvalue weighted by atomic mass is 10.1. The Hall–Kier alpha value is -2.72. The molecule has 0 aliphatic carbocycles. The predicted molar refractivity (Wildman–Crippen MR) is 145 cm³/mol. The summed E-state index contributed by atoms with van der Waals surface area (Å²) in [7, 11) is 1.75. The van der Waals surface area contributed by atoms with Gasteiger partial charge < -0.3 is 15.1 Å². The maximum atomic E-state index is 5.62. The van der Waals surface area contributed by atoms with Crippen molar-refractivity contribution in [3.05, 3.63) is 93.8 Å². The molecule has 0 aliphatic rings. The van der Waals surface area contributed by atoms with Gasteiger partial charge in [-0.25, -0.2) is 9.97 Å². The number of aryl methyl sites for hydroxylation is 3. The molecule has 0 fully saturated rings. The van der Waals surface area contributed by atoms with E-state index in [1.54, 1.807) is 24.6 Å². The number of hydrogen-bond donors (Lipinski definition) is 2. The van der Waals surface area contributed by atoms with E-state index in [-0.39, 0.29) is 24.0 Å². The molecular weight excluding hydrogens is 545 g/mol. The maximum absolute atomic E-state index is 5.62. The molecule has 0 radical (unpaired) electrons. The Morgan fingerprint density at radius 1 is 0.939 bits per heavy atom.